The maximum absolute atomic E-state index is 12.5. The minimum atomic E-state index is -0.835. The molecule has 0 rings (SSSR count). The summed E-state index contributed by atoms with van der Waals surface area (Å²) in [6.07, 6.45) is 79.6. The molecular weight excluding hydrogens is 819 g/mol. The Bertz CT molecular complexity index is 978. The third-order valence-corrected chi connectivity index (χ3v) is 14.7. The number of carbonyl (C=O) groups is 1. The highest BCUT2D eigenvalue weighted by atomic mass is 16.3. The Morgan fingerprint density at radius 1 is 0.343 bits per heavy atom. The molecule has 0 aromatic rings. The molecule has 0 fully saturated rings. The number of hydrogen-bond donors (Lipinski definition) is 3. The maximum Gasteiger partial charge on any atom is 0.220 e. The van der Waals surface area contributed by atoms with Gasteiger partial charge in [-0.1, -0.05) is 327 Å². The van der Waals surface area contributed by atoms with Gasteiger partial charge in [0.15, 0.2) is 0 Å². The van der Waals surface area contributed by atoms with Crippen LogP contribution in [0.1, 0.15) is 354 Å². The number of rotatable bonds is 58. The zero-order chi connectivity index (χ0) is 48.5. The van der Waals surface area contributed by atoms with Gasteiger partial charge in [-0.2, -0.15) is 0 Å². The van der Waals surface area contributed by atoms with Gasteiger partial charge in [-0.25, -0.2) is 0 Å². The molecule has 0 aliphatic heterocycles. The van der Waals surface area contributed by atoms with Gasteiger partial charge in [-0.3, -0.25) is 4.79 Å². The molecule has 0 heterocycles. The molecule has 0 radical (unpaired) electrons. The molecule has 0 aliphatic rings. The summed E-state index contributed by atoms with van der Waals surface area (Å²) in [6, 6.07) is -0.618. The van der Waals surface area contributed by atoms with E-state index in [0.29, 0.717) is 6.42 Å². The first-order valence-corrected chi connectivity index (χ1v) is 31.1. The van der Waals surface area contributed by atoms with Crippen molar-refractivity contribution in [3.63, 3.8) is 0 Å². The SMILES string of the molecule is CCCCCCCCCC/C=C\CCCCCCCCCCCCCCCCCCCCCCCCCCCCCCCC(=O)NC(CO)C(O)/C=C/CCCCCCCCCCCCCC. The Kier molecular flexibility index (Phi) is 58.2. The van der Waals surface area contributed by atoms with Crippen LogP contribution in [0.2, 0.25) is 0 Å². The van der Waals surface area contributed by atoms with Gasteiger partial charge in [0.2, 0.25) is 5.91 Å². The molecule has 2 unspecified atom stereocenters. The summed E-state index contributed by atoms with van der Waals surface area (Å²) in [6.45, 7) is 4.33. The number of aliphatic hydroxyl groups excluding tert-OH is 2. The molecule has 0 saturated heterocycles. The predicted octanol–water partition coefficient (Wildman–Crippen LogP) is 20.7. The minimum Gasteiger partial charge on any atom is -0.394 e. The fourth-order valence-corrected chi connectivity index (χ4v) is 9.94. The van der Waals surface area contributed by atoms with Crippen molar-refractivity contribution in [3.8, 4) is 0 Å². The third kappa shape index (κ3) is 55.7. The normalized spacial score (nSPS) is 12.8. The minimum absolute atomic E-state index is 0.0572. The molecule has 67 heavy (non-hydrogen) atoms. The number of unbranched alkanes of at least 4 members (excludes halogenated alkanes) is 49. The summed E-state index contributed by atoms with van der Waals surface area (Å²) >= 11 is 0. The largest absolute Gasteiger partial charge is 0.394 e. The van der Waals surface area contributed by atoms with E-state index in [1.54, 1.807) is 6.08 Å². The number of nitrogens with one attached hydrogen (secondary N) is 1. The topological polar surface area (TPSA) is 69.6 Å². The van der Waals surface area contributed by atoms with Crippen LogP contribution in [-0.4, -0.2) is 34.9 Å². The van der Waals surface area contributed by atoms with E-state index in [2.05, 4.69) is 31.3 Å². The lowest BCUT2D eigenvalue weighted by Crippen LogP contribution is -2.45. The van der Waals surface area contributed by atoms with Gasteiger partial charge in [0.05, 0.1) is 18.8 Å². The first kappa shape index (κ1) is 65.9. The van der Waals surface area contributed by atoms with Crippen LogP contribution in [0.3, 0.4) is 0 Å². The molecular formula is C63H123NO3. The van der Waals surface area contributed by atoms with Gasteiger partial charge in [-0.05, 0) is 44.9 Å². The Morgan fingerprint density at radius 3 is 0.821 bits per heavy atom. The summed E-state index contributed by atoms with van der Waals surface area (Å²) in [5.41, 5.74) is 0. The average molecular weight is 943 g/mol. The molecule has 0 aromatic heterocycles. The first-order valence-electron chi connectivity index (χ1n) is 31.1. The summed E-state index contributed by atoms with van der Waals surface area (Å²) in [7, 11) is 0. The van der Waals surface area contributed by atoms with Crippen molar-refractivity contribution in [1.82, 2.24) is 5.32 Å². The molecule has 0 spiro atoms. The molecule has 3 N–H and O–H groups in total. The van der Waals surface area contributed by atoms with Crippen molar-refractivity contribution in [3.05, 3.63) is 24.3 Å². The van der Waals surface area contributed by atoms with Gasteiger partial charge in [0.25, 0.3) is 0 Å². The first-order chi connectivity index (χ1) is 33.2. The van der Waals surface area contributed by atoms with E-state index >= 15 is 0 Å². The van der Waals surface area contributed by atoms with Crippen molar-refractivity contribution in [2.45, 2.75) is 366 Å². The van der Waals surface area contributed by atoms with Crippen LogP contribution in [0, 0.1) is 0 Å². The lowest BCUT2D eigenvalue weighted by molar-refractivity contribution is -0.123. The zero-order valence-electron chi connectivity index (χ0n) is 46.0. The Labute approximate surface area is 421 Å². The van der Waals surface area contributed by atoms with E-state index in [1.165, 1.54) is 308 Å². The molecule has 398 valence electrons. The highest BCUT2D eigenvalue weighted by Gasteiger charge is 2.18. The zero-order valence-corrected chi connectivity index (χ0v) is 46.0. The number of carbonyl (C=O) groups excluding carboxylic acids is 1. The monoisotopic (exact) mass is 942 g/mol. The van der Waals surface area contributed by atoms with Crippen molar-refractivity contribution in [2.24, 2.45) is 0 Å². The molecule has 0 saturated carbocycles. The van der Waals surface area contributed by atoms with E-state index in [9.17, 15) is 15.0 Å². The number of aliphatic hydroxyl groups is 2. The molecule has 1 amide bonds. The van der Waals surface area contributed by atoms with Crippen molar-refractivity contribution < 1.29 is 15.0 Å². The number of amides is 1. The highest BCUT2D eigenvalue weighted by molar-refractivity contribution is 5.76. The van der Waals surface area contributed by atoms with Gasteiger partial charge < -0.3 is 15.5 Å². The Hall–Kier alpha value is -1.13. The molecule has 0 aliphatic carbocycles. The predicted molar refractivity (Wildman–Crippen MR) is 299 cm³/mol. The van der Waals surface area contributed by atoms with Crippen LogP contribution in [0.15, 0.2) is 24.3 Å². The van der Waals surface area contributed by atoms with Gasteiger partial charge in [0, 0.05) is 6.42 Å². The van der Waals surface area contributed by atoms with Crippen LogP contribution >= 0.6 is 0 Å². The van der Waals surface area contributed by atoms with Gasteiger partial charge in [0.1, 0.15) is 0 Å². The van der Waals surface area contributed by atoms with Crippen LogP contribution in [0.4, 0.5) is 0 Å². The molecule has 0 aromatic carbocycles. The summed E-state index contributed by atoms with van der Waals surface area (Å²) in [5, 5.41) is 23.1. The van der Waals surface area contributed by atoms with Crippen molar-refractivity contribution in [1.29, 1.82) is 0 Å². The molecule has 0 bridgehead atoms. The molecule has 2 atom stereocenters. The van der Waals surface area contributed by atoms with Gasteiger partial charge in [-0.15, -0.1) is 0 Å². The van der Waals surface area contributed by atoms with E-state index < -0.39 is 12.1 Å². The van der Waals surface area contributed by atoms with Crippen LogP contribution in [-0.2, 0) is 4.79 Å². The molecule has 4 heteroatoms. The quantitative estimate of drug-likeness (QED) is 0.0420. The Balaban J connectivity index is 3.34. The van der Waals surface area contributed by atoms with E-state index in [-0.39, 0.29) is 12.5 Å². The second-order valence-corrected chi connectivity index (χ2v) is 21.5. The summed E-state index contributed by atoms with van der Waals surface area (Å²) < 4.78 is 0. The summed E-state index contributed by atoms with van der Waals surface area (Å²) in [5.74, 6) is -0.0572. The summed E-state index contributed by atoms with van der Waals surface area (Å²) in [4.78, 5) is 12.5. The van der Waals surface area contributed by atoms with Crippen LogP contribution in [0.5, 0.6) is 0 Å². The second kappa shape index (κ2) is 59.2. The maximum atomic E-state index is 12.5. The fourth-order valence-electron chi connectivity index (χ4n) is 9.94. The molecule has 4 nitrogen and oxygen atoms in total. The van der Waals surface area contributed by atoms with Crippen molar-refractivity contribution >= 4 is 5.91 Å². The number of allylic oxidation sites excluding steroid dienone is 3. The van der Waals surface area contributed by atoms with E-state index in [4.69, 9.17) is 0 Å². The third-order valence-electron chi connectivity index (χ3n) is 14.7. The van der Waals surface area contributed by atoms with Crippen LogP contribution in [0.25, 0.3) is 0 Å². The Morgan fingerprint density at radius 2 is 0.567 bits per heavy atom. The second-order valence-electron chi connectivity index (χ2n) is 21.5. The number of hydrogen-bond acceptors (Lipinski definition) is 3. The highest BCUT2D eigenvalue weighted by Crippen LogP contribution is 2.18. The van der Waals surface area contributed by atoms with E-state index in [0.717, 1.165) is 25.7 Å². The smallest absolute Gasteiger partial charge is 0.220 e. The lowest BCUT2D eigenvalue weighted by Gasteiger charge is -2.20. The average Bonchev–Trinajstić information content (AvgIpc) is 3.33. The standard InChI is InChI=1S/C63H123NO3/c1-3-5-7-9-11-13-15-17-19-20-21-22-23-24-25-26-27-28-29-30-31-32-33-34-35-36-37-38-39-40-41-42-43-44-45-47-49-51-53-55-57-59-63(67)64-61(60-65)62(66)58-56-54-52-50-48-46-18-16-14-12-10-8-6-4-2/h20-21,56,58,61-62,65-66H,3-19,22-55,57,59-60H2,1-2H3,(H,64,67)/b21-20-,58-56+. The lowest BCUT2D eigenvalue weighted by atomic mass is 10.0. The fraction of sp³-hybridized carbons (Fsp3) is 0.921. The van der Waals surface area contributed by atoms with Crippen LogP contribution < -0.4 is 5.32 Å². The van der Waals surface area contributed by atoms with Gasteiger partial charge >= 0.3 is 0 Å². The van der Waals surface area contributed by atoms with Crippen molar-refractivity contribution in [2.75, 3.05) is 6.61 Å². The van der Waals surface area contributed by atoms with E-state index in [1.807, 2.05) is 6.08 Å².